The summed E-state index contributed by atoms with van der Waals surface area (Å²) in [5.41, 5.74) is 1.31. The summed E-state index contributed by atoms with van der Waals surface area (Å²) in [6, 6.07) is 10.6. The van der Waals surface area contributed by atoms with Gasteiger partial charge in [0.1, 0.15) is 11.6 Å². The number of alkyl halides is 3. The summed E-state index contributed by atoms with van der Waals surface area (Å²) >= 11 is 0. The number of hydrogen-bond donors (Lipinski definition) is 2. The molecule has 2 aliphatic rings. The lowest BCUT2D eigenvalue weighted by molar-refractivity contribution is -0.192. The number of aromatic nitrogens is 4. The largest absolute Gasteiger partial charge is 0.497 e. The number of aliphatic carboxylic acids is 1. The lowest BCUT2D eigenvalue weighted by Crippen LogP contribution is -2.31. The van der Waals surface area contributed by atoms with Crippen molar-refractivity contribution in [2.45, 2.75) is 19.1 Å². The third-order valence-corrected chi connectivity index (χ3v) is 6.27. The van der Waals surface area contributed by atoms with Gasteiger partial charge in [0.15, 0.2) is 0 Å². The molecule has 0 aliphatic carbocycles. The first-order valence-electron chi connectivity index (χ1n) is 11.4. The van der Waals surface area contributed by atoms with Crippen molar-refractivity contribution in [1.29, 1.82) is 0 Å². The normalized spacial score (nSPS) is 17.9. The van der Waals surface area contributed by atoms with Gasteiger partial charge < -0.3 is 24.6 Å². The zero-order valence-electron chi connectivity index (χ0n) is 20.1. The summed E-state index contributed by atoms with van der Waals surface area (Å²) in [6.07, 6.45) is -1.12. The molecule has 0 saturated carbocycles. The average molecular weight is 532 g/mol. The molecule has 1 fully saturated rings. The molecule has 2 aromatic heterocycles. The minimum absolute atomic E-state index is 0.0186. The molecule has 1 saturated heterocycles. The number of halogens is 3. The van der Waals surface area contributed by atoms with Crippen LogP contribution in [0.5, 0.6) is 5.75 Å². The topological polar surface area (TPSA) is 140 Å². The highest BCUT2D eigenvalue weighted by Crippen LogP contribution is 2.33. The minimum atomic E-state index is -5.08. The molecule has 14 heteroatoms. The van der Waals surface area contributed by atoms with Gasteiger partial charge in [0, 0.05) is 49.7 Å². The average Bonchev–Trinajstić information content (AvgIpc) is 3.51. The van der Waals surface area contributed by atoms with Crippen LogP contribution in [0.2, 0.25) is 0 Å². The molecule has 200 valence electrons. The molecule has 0 bridgehead atoms. The summed E-state index contributed by atoms with van der Waals surface area (Å²) in [5.74, 6) is -0.650. The van der Waals surface area contributed by atoms with Gasteiger partial charge in [0.25, 0.3) is 11.8 Å². The van der Waals surface area contributed by atoms with Crippen LogP contribution in [-0.2, 0) is 17.8 Å². The Morgan fingerprint density at radius 1 is 1.00 bits per heavy atom. The van der Waals surface area contributed by atoms with Crippen molar-refractivity contribution in [2.75, 3.05) is 25.5 Å². The highest BCUT2D eigenvalue weighted by atomic mass is 19.4. The van der Waals surface area contributed by atoms with Gasteiger partial charge in [-0.3, -0.25) is 14.6 Å². The number of nitrogens with one attached hydrogen (secondary N) is 1. The van der Waals surface area contributed by atoms with E-state index in [4.69, 9.17) is 14.6 Å². The number of pyridine rings is 1. The van der Waals surface area contributed by atoms with E-state index in [1.54, 1.807) is 55.9 Å². The van der Waals surface area contributed by atoms with Crippen molar-refractivity contribution in [1.82, 2.24) is 24.6 Å². The molecule has 0 spiro atoms. The highest BCUT2D eigenvalue weighted by Gasteiger charge is 2.41. The van der Waals surface area contributed by atoms with Crippen LogP contribution in [0.4, 0.5) is 18.9 Å². The van der Waals surface area contributed by atoms with Gasteiger partial charge in [-0.25, -0.2) is 4.79 Å². The van der Waals surface area contributed by atoms with Crippen LogP contribution in [0.25, 0.3) is 0 Å². The number of hydrogen-bond acceptors (Lipinski definition) is 7. The second kappa shape index (κ2) is 10.9. The van der Waals surface area contributed by atoms with Crippen molar-refractivity contribution in [3.8, 4) is 5.75 Å². The van der Waals surface area contributed by atoms with Gasteiger partial charge in [0.05, 0.1) is 7.11 Å². The molecule has 38 heavy (non-hydrogen) atoms. The first-order chi connectivity index (χ1) is 18.1. The van der Waals surface area contributed by atoms with Crippen LogP contribution in [0.15, 0.2) is 48.8 Å². The molecule has 4 heterocycles. The van der Waals surface area contributed by atoms with Gasteiger partial charge in [-0.15, -0.1) is 10.2 Å². The summed E-state index contributed by atoms with van der Waals surface area (Å²) in [6.45, 7) is 1.97. The quantitative estimate of drug-likeness (QED) is 0.523. The maximum Gasteiger partial charge on any atom is 0.490 e. The van der Waals surface area contributed by atoms with E-state index in [1.807, 2.05) is 9.47 Å². The van der Waals surface area contributed by atoms with Crippen molar-refractivity contribution in [3.63, 3.8) is 0 Å². The van der Waals surface area contributed by atoms with E-state index in [2.05, 4.69) is 20.5 Å². The highest BCUT2D eigenvalue weighted by molar-refractivity contribution is 6.01. The Hall–Kier alpha value is -4.49. The molecule has 2 N–H and O–H groups in total. The molecule has 2 atom stereocenters. The molecule has 3 aromatic rings. The Bertz CT molecular complexity index is 1310. The van der Waals surface area contributed by atoms with Crippen LogP contribution in [0.1, 0.15) is 26.8 Å². The molecule has 11 nitrogen and oxygen atoms in total. The number of likely N-dealkylation sites (tertiary alicyclic amines) is 1. The van der Waals surface area contributed by atoms with Crippen LogP contribution in [-0.4, -0.2) is 73.9 Å². The SMILES string of the molecule is COc1ccc(NC(=O)c2nnc3n2C[C@@H]2CN(C(=O)c4ccncc4)C[C@@H]2C3)cc1.O=C(O)C(F)(F)F. The number of carboxylic acid groups (broad SMARTS) is 1. The number of rotatable bonds is 4. The fourth-order valence-electron chi connectivity index (χ4n) is 4.40. The lowest BCUT2D eigenvalue weighted by atomic mass is 9.89. The molecular weight excluding hydrogens is 509 g/mol. The molecule has 1 aromatic carbocycles. The molecular formula is C24H23F3N6O5. The third kappa shape index (κ3) is 5.90. The van der Waals surface area contributed by atoms with E-state index in [0.717, 1.165) is 11.6 Å². The predicted molar refractivity (Wildman–Crippen MR) is 125 cm³/mol. The molecule has 0 radical (unpaired) electrons. The number of ether oxygens (including phenoxy) is 1. The Kier molecular flexibility index (Phi) is 7.60. The van der Waals surface area contributed by atoms with Crippen molar-refractivity contribution in [3.05, 3.63) is 66.0 Å². The number of fused-ring (bicyclic) bond motifs is 2. The summed E-state index contributed by atoms with van der Waals surface area (Å²) in [4.78, 5) is 40.4. The summed E-state index contributed by atoms with van der Waals surface area (Å²) in [5, 5.41) is 18.4. The number of carbonyl (C=O) groups is 3. The number of amides is 2. The zero-order chi connectivity index (χ0) is 27.4. The summed E-state index contributed by atoms with van der Waals surface area (Å²) in [7, 11) is 1.60. The number of anilines is 1. The van der Waals surface area contributed by atoms with Gasteiger partial charge in [0.2, 0.25) is 5.82 Å². The Labute approximate surface area is 214 Å². The molecule has 5 rings (SSSR count). The fraction of sp³-hybridized carbons (Fsp3) is 0.333. The maximum atomic E-state index is 12.8. The number of methoxy groups -OCH3 is 1. The monoisotopic (exact) mass is 532 g/mol. The van der Waals surface area contributed by atoms with Gasteiger partial charge in [-0.05, 0) is 48.2 Å². The van der Waals surface area contributed by atoms with E-state index in [-0.39, 0.29) is 17.7 Å². The Morgan fingerprint density at radius 2 is 1.63 bits per heavy atom. The van der Waals surface area contributed by atoms with Crippen molar-refractivity contribution in [2.24, 2.45) is 11.8 Å². The van der Waals surface area contributed by atoms with Crippen LogP contribution >= 0.6 is 0 Å². The minimum Gasteiger partial charge on any atom is -0.497 e. The van der Waals surface area contributed by atoms with E-state index in [0.29, 0.717) is 49.0 Å². The molecule has 0 unspecified atom stereocenters. The van der Waals surface area contributed by atoms with Gasteiger partial charge >= 0.3 is 12.1 Å². The standard InChI is InChI=1S/C22H22N6O3.C2HF3O2/c1-31-18-4-2-17(3-5-18)24-21(29)20-26-25-19-10-15-11-27(12-16(15)13-28(19)20)22(30)14-6-8-23-9-7-14;3-2(4,5)1(6)7/h2-9,15-16H,10-13H2,1H3,(H,24,29);(H,6,7)/t15-,16-;/m0./s1. The first kappa shape index (κ1) is 26.6. The van der Waals surface area contributed by atoms with E-state index >= 15 is 0 Å². The number of benzene rings is 1. The fourth-order valence-corrected chi connectivity index (χ4v) is 4.40. The smallest absolute Gasteiger partial charge is 0.490 e. The van der Waals surface area contributed by atoms with E-state index in [9.17, 15) is 22.8 Å². The van der Waals surface area contributed by atoms with Crippen LogP contribution in [0, 0.1) is 11.8 Å². The van der Waals surface area contributed by atoms with Crippen molar-refractivity contribution < 1.29 is 37.4 Å². The zero-order valence-corrected chi connectivity index (χ0v) is 20.1. The number of nitrogens with zero attached hydrogens (tertiary/aromatic N) is 5. The van der Waals surface area contributed by atoms with Crippen LogP contribution in [0.3, 0.4) is 0 Å². The summed E-state index contributed by atoms with van der Waals surface area (Å²) < 4.78 is 38.8. The molecule has 2 amide bonds. The second-order valence-corrected chi connectivity index (χ2v) is 8.71. The van der Waals surface area contributed by atoms with E-state index in [1.165, 1.54) is 0 Å². The Morgan fingerprint density at radius 3 is 2.24 bits per heavy atom. The Balaban J connectivity index is 0.000000426. The first-order valence-corrected chi connectivity index (χ1v) is 11.4. The number of carboxylic acids is 1. The third-order valence-electron chi connectivity index (χ3n) is 6.27. The lowest BCUT2D eigenvalue weighted by Gasteiger charge is -2.25. The maximum absolute atomic E-state index is 12.8. The van der Waals surface area contributed by atoms with Gasteiger partial charge in [-0.1, -0.05) is 0 Å². The number of carbonyl (C=O) groups excluding carboxylic acids is 2. The second-order valence-electron chi connectivity index (χ2n) is 8.71. The molecule has 2 aliphatic heterocycles. The predicted octanol–water partition coefficient (Wildman–Crippen LogP) is 2.51. The van der Waals surface area contributed by atoms with Gasteiger partial charge in [-0.2, -0.15) is 13.2 Å². The van der Waals surface area contributed by atoms with Crippen molar-refractivity contribution >= 4 is 23.5 Å². The van der Waals surface area contributed by atoms with Crippen LogP contribution < -0.4 is 10.1 Å². The van der Waals surface area contributed by atoms with E-state index < -0.39 is 12.1 Å².